The van der Waals surface area contributed by atoms with Crippen LogP contribution >= 0.6 is 11.6 Å². The molecular formula is C15H16ClN3. The maximum absolute atomic E-state index is 5.94. The molecule has 3 nitrogen and oxygen atoms in total. The minimum absolute atomic E-state index is 0.148. The number of hydrogen-bond acceptors (Lipinski definition) is 3. The summed E-state index contributed by atoms with van der Waals surface area (Å²) in [5.74, 6) is 0.991. The summed E-state index contributed by atoms with van der Waals surface area (Å²) in [6.45, 7) is 11.3. The summed E-state index contributed by atoms with van der Waals surface area (Å²) in [5.41, 5.74) is 1.59. The SMILES string of the molecule is C=C/C(=C\C)c1nc(Cl)nc(/C(C=C)=C/C=C\C)n1. The van der Waals surface area contributed by atoms with Crippen molar-refractivity contribution in [2.75, 3.05) is 0 Å². The fourth-order valence-electron chi connectivity index (χ4n) is 1.38. The van der Waals surface area contributed by atoms with Gasteiger partial charge in [0.1, 0.15) is 0 Å². The molecule has 4 heteroatoms. The van der Waals surface area contributed by atoms with Crippen molar-refractivity contribution in [2.45, 2.75) is 13.8 Å². The normalized spacial score (nSPS) is 12.8. The molecule has 0 saturated carbocycles. The Kier molecular flexibility index (Phi) is 5.90. The van der Waals surface area contributed by atoms with Gasteiger partial charge in [0, 0.05) is 11.1 Å². The average molecular weight is 274 g/mol. The third-order valence-electron chi connectivity index (χ3n) is 2.34. The molecule has 1 heterocycles. The molecule has 0 aliphatic rings. The van der Waals surface area contributed by atoms with Crippen LogP contribution in [0.4, 0.5) is 0 Å². The van der Waals surface area contributed by atoms with Crippen molar-refractivity contribution < 1.29 is 0 Å². The smallest absolute Gasteiger partial charge is 0.208 e. The van der Waals surface area contributed by atoms with Crippen LogP contribution in [-0.4, -0.2) is 15.0 Å². The Bertz CT molecular complexity index is 569. The summed E-state index contributed by atoms with van der Waals surface area (Å²) in [6, 6.07) is 0. The molecule has 0 saturated heterocycles. The second-order valence-electron chi connectivity index (χ2n) is 3.55. The van der Waals surface area contributed by atoms with Gasteiger partial charge in [0.15, 0.2) is 11.6 Å². The molecule has 1 aromatic rings. The van der Waals surface area contributed by atoms with Crippen LogP contribution in [0.15, 0.2) is 49.6 Å². The van der Waals surface area contributed by atoms with Crippen molar-refractivity contribution >= 4 is 22.7 Å². The van der Waals surface area contributed by atoms with Crippen molar-refractivity contribution in [3.63, 3.8) is 0 Å². The fraction of sp³-hybridized carbons (Fsp3) is 0.133. The molecule has 0 amide bonds. The zero-order valence-electron chi connectivity index (χ0n) is 11.1. The monoisotopic (exact) mass is 273 g/mol. The van der Waals surface area contributed by atoms with Gasteiger partial charge in [-0.1, -0.05) is 49.6 Å². The molecule has 0 aliphatic carbocycles. The summed E-state index contributed by atoms with van der Waals surface area (Å²) in [5, 5.41) is 0.148. The van der Waals surface area contributed by atoms with Crippen molar-refractivity contribution in [1.82, 2.24) is 15.0 Å². The highest BCUT2D eigenvalue weighted by atomic mass is 35.5. The predicted octanol–water partition coefficient (Wildman–Crippen LogP) is 4.26. The van der Waals surface area contributed by atoms with Crippen LogP contribution in [0, 0.1) is 0 Å². The van der Waals surface area contributed by atoms with Crippen molar-refractivity contribution in [3.8, 4) is 0 Å². The number of hydrogen-bond donors (Lipinski definition) is 0. The van der Waals surface area contributed by atoms with Crippen LogP contribution in [0.3, 0.4) is 0 Å². The van der Waals surface area contributed by atoms with E-state index < -0.39 is 0 Å². The minimum Gasteiger partial charge on any atom is -0.208 e. The molecule has 98 valence electrons. The molecule has 0 aromatic carbocycles. The molecule has 0 radical (unpaired) electrons. The van der Waals surface area contributed by atoms with Crippen LogP contribution in [0.5, 0.6) is 0 Å². The number of nitrogens with zero attached hydrogens (tertiary/aromatic N) is 3. The summed E-state index contributed by atoms with van der Waals surface area (Å²) >= 11 is 5.94. The van der Waals surface area contributed by atoms with Gasteiger partial charge in [-0.15, -0.1) is 0 Å². The Hall–Kier alpha value is -2.00. The first-order chi connectivity index (χ1) is 9.15. The third-order valence-corrected chi connectivity index (χ3v) is 2.51. The van der Waals surface area contributed by atoms with Crippen LogP contribution in [0.1, 0.15) is 25.5 Å². The lowest BCUT2D eigenvalue weighted by molar-refractivity contribution is 0.994. The molecule has 0 unspecified atom stereocenters. The molecule has 0 spiro atoms. The summed E-state index contributed by atoms with van der Waals surface area (Å²) < 4.78 is 0. The van der Waals surface area contributed by atoms with Crippen molar-refractivity contribution in [3.05, 3.63) is 66.5 Å². The van der Waals surface area contributed by atoms with E-state index >= 15 is 0 Å². The highest BCUT2D eigenvalue weighted by Crippen LogP contribution is 2.17. The lowest BCUT2D eigenvalue weighted by Gasteiger charge is -2.05. The first-order valence-electron chi connectivity index (χ1n) is 5.82. The second-order valence-corrected chi connectivity index (χ2v) is 3.89. The van der Waals surface area contributed by atoms with Gasteiger partial charge in [0.2, 0.25) is 5.28 Å². The molecule has 19 heavy (non-hydrogen) atoms. The standard InChI is InChI=1S/C15H16ClN3/c1-5-9-10-12(8-4)14-17-13(11(6-2)7-3)18-15(16)19-14/h5-10H,2,4H2,1,3H3/b9-5-,11-7+,12-10+. The van der Waals surface area contributed by atoms with E-state index in [0.717, 1.165) is 11.1 Å². The van der Waals surface area contributed by atoms with E-state index in [-0.39, 0.29) is 5.28 Å². The van der Waals surface area contributed by atoms with Gasteiger partial charge in [0.25, 0.3) is 0 Å². The topological polar surface area (TPSA) is 38.7 Å². The quantitative estimate of drug-likeness (QED) is 0.753. The molecule has 0 atom stereocenters. The van der Waals surface area contributed by atoms with Gasteiger partial charge in [0.05, 0.1) is 0 Å². The predicted molar refractivity (Wildman–Crippen MR) is 81.7 cm³/mol. The van der Waals surface area contributed by atoms with E-state index in [1.54, 1.807) is 12.2 Å². The Morgan fingerprint density at radius 2 is 1.58 bits per heavy atom. The van der Waals surface area contributed by atoms with E-state index in [4.69, 9.17) is 11.6 Å². The van der Waals surface area contributed by atoms with Gasteiger partial charge in [-0.3, -0.25) is 0 Å². The second kappa shape index (κ2) is 7.44. The van der Waals surface area contributed by atoms with Crippen molar-refractivity contribution in [1.29, 1.82) is 0 Å². The largest absolute Gasteiger partial charge is 0.226 e. The first kappa shape index (κ1) is 15.1. The van der Waals surface area contributed by atoms with Gasteiger partial charge >= 0.3 is 0 Å². The van der Waals surface area contributed by atoms with E-state index in [2.05, 4.69) is 28.1 Å². The molecule has 0 N–H and O–H groups in total. The molecular weight excluding hydrogens is 258 g/mol. The number of rotatable bonds is 5. The molecule has 0 aliphatic heterocycles. The van der Waals surface area contributed by atoms with E-state index in [9.17, 15) is 0 Å². The summed E-state index contributed by atoms with van der Waals surface area (Å²) in [4.78, 5) is 12.6. The van der Waals surface area contributed by atoms with Gasteiger partial charge < -0.3 is 0 Å². The van der Waals surface area contributed by atoms with E-state index in [1.807, 2.05) is 38.2 Å². The number of allylic oxidation sites excluding steroid dienone is 8. The Balaban J connectivity index is 3.37. The van der Waals surface area contributed by atoms with Crippen LogP contribution < -0.4 is 0 Å². The van der Waals surface area contributed by atoms with Crippen molar-refractivity contribution in [2.24, 2.45) is 0 Å². The van der Waals surface area contributed by atoms with Crippen LogP contribution in [0.2, 0.25) is 5.28 Å². The lowest BCUT2D eigenvalue weighted by Crippen LogP contribution is -2.01. The van der Waals surface area contributed by atoms with Gasteiger partial charge in [-0.2, -0.15) is 9.97 Å². The Morgan fingerprint density at radius 1 is 1.00 bits per heavy atom. The zero-order valence-corrected chi connectivity index (χ0v) is 11.9. The fourth-order valence-corrected chi connectivity index (χ4v) is 1.54. The summed E-state index contributed by atoms with van der Waals surface area (Å²) in [6.07, 6.45) is 10.9. The minimum atomic E-state index is 0.148. The molecule has 0 bridgehead atoms. The zero-order chi connectivity index (χ0) is 14.3. The average Bonchev–Trinajstić information content (AvgIpc) is 2.40. The Morgan fingerprint density at radius 3 is 2.05 bits per heavy atom. The van der Waals surface area contributed by atoms with Gasteiger partial charge in [-0.25, -0.2) is 4.98 Å². The maximum atomic E-state index is 5.94. The summed E-state index contributed by atoms with van der Waals surface area (Å²) in [7, 11) is 0. The molecule has 1 rings (SSSR count). The van der Waals surface area contributed by atoms with Crippen LogP contribution in [0.25, 0.3) is 11.1 Å². The Labute approximate surface area is 118 Å². The number of halogens is 1. The molecule has 0 fully saturated rings. The number of aromatic nitrogens is 3. The van der Waals surface area contributed by atoms with Crippen LogP contribution in [-0.2, 0) is 0 Å². The van der Waals surface area contributed by atoms with E-state index in [1.165, 1.54) is 0 Å². The highest BCUT2D eigenvalue weighted by Gasteiger charge is 2.09. The van der Waals surface area contributed by atoms with Gasteiger partial charge in [-0.05, 0) is 25.4 Å². The first-order valence-corrected chi connectivity index (χ1v) is 6.20. The molecule has 1 aromatic heterocycles. The van der Waals surface area contributed by atoms with E-state index in [0.29, 0.717) is 11.6 Å². The third kappa shape index (κ3) is 4.00. The maximum Gasteiger partial charge on any atom is 0.226 e. The lowest BCUT2D eigenvalue weighted by atomic mass is 10.2. The highest BCUT2D eigenvalue weighted by molar-refractivity contribution is 6.28.